The lowest BCUT2D eigenvalue weighted by Gasteiger charge is -2.26. The van der Waals surface area contributed by atoms with E-state index in [1.54, 1.807) is 12.1 Å². The van der Waals surface area contributed by atoms with Crippen LogP contribution in [0.2, 0.25) is 5.02 Å². The Bertz CT molecular complexity index is 1230. The highest BCUT2D eigenvalue weighted by Gasteiger charge is 2.24. The molecule has 11 heteroatoms. The lowest BCUT2D eigenvalue weighted by Crippen LogP contribution is -2.46. The summed E-state index contributed by atoms with van der Waals surface area (Å²) in [5, 5.41) is 15.2. The van der Waals surface area contributed by atoms with Crippen molar-refractivity contribution in [1.82, 2.24) is 15.4 Å². The number of hydrogen-bond donors (Lipinski definition) is 4. The van der Waals surface area contributed by atoms with Gasteiger partial charge in [-0.05, 0) is 68.0 Å². The Morgan fingerprint density at radius 3 is 2.68 bits per heavy atom. The molecule has 0 heterocycles. The molecule has 1 fully saturated rings. The fourth-order valence-electron chi connectivity index (χ4n) is 3.71. The fourth-order valence-corrected chi connectivity index (χ4v) is 4.80. The first-order chi connectivity index (χ1) is 17.3. The molecule has 184 valence electrons. The normalized spacial score (nSPS) is 19.8. The number of rotatable bonds is 8. The molecular weight excluding hydrogens is 483 g/mol. The number of urea groups is 1. The number of nitrogens with one attached hydrogen (secondary N) is 3. The zero-order chi connectivity index (χ0) is 27.2. The number of hydrogen-bond acceptors (Lipinski definition) is 6. The largest absolute Gasteiger partial charge is 0.496 e. The van der Waals surface area contributed by atoms with E-state index in [0.29, 0.717) is 31.2 Å². The maximum atomic E-state index is 12.6. The third-order valence-electron chi connectivity index (χ3n) is 5.44. The van der Waals surface area contributed by atoms with Crippen molar-refractivity contribution in [2.75, 3.05) is 13.6 Å². The van der Waals surface area contributed by atoms with Gasteiger partial charge in [0.05, 0.1) is 27.7 Å². The summed E-state index contributed by atoms with van der Waals surface area (Å²) in [7, 11) is -6.84. The summed E-state index contributed by atoms with van der Waals surface area (Å²) in [5.41, 5.74) is 0.683. The summed E-state index contributed by atoms with van der Waals surface area (Å²) in [5.74, 6) is -0.714. The number of ether oxygens (including phenoxy) is 1. The highest BCUT2D eigenvalue weighted by Crippen LogP contribution is 2.22. The van der Waals surface area contributed by atoms with Crippen LogP contribution in [0.1, 0.15) is 45.7 Å². The second-order valence-electron chi connectivity index (χ2n) is 7.99. The Morgan fingerprint density at radius 2 is 1.97 bits per heavy atom. The average Bonchev–Trinajstić information content (AvgIpc) is 2.79. The molecule has 3 amide bonds. The number of halogens is 1. The van der Waals surface area contributed by atoms with Crippen molar-refractivity contribution < 1.29 is 32.0 Å². The Hall–Kier alpha value is -2.82. The van der Waals surface area contributed by atoms with Crippen molar-refractivity contribution in [2.24, 2.45) is 0 Å². The predicted octanol–water partition coefficient (Wildman–Crippen LogP) is 2.61. The molecule has 34 heavy (non-hydrogen) atoms. The Labute approximate surface area is 208 Å². The molecule has 9 nitrogen and oxygen atoms in total. The van der Waals surface area contributed by atoms with Crippen LogP contribution >= 0.6 is 11.6 Å². The molecule has 3 rings (SSSR count). The minimum Gasteiger partial charge on any atom is -0.496 e. The number of sulfonamides is 1. The number of aliphatic hydroxyl groups is 1. The molecule has 0 aliphatic heterocycles. The van der Waals surface area contributed by atoms with Gasteiger partial charge in [-0.15, -0.1) is 0 Å². The van der Waals surface area contributed by atoms with Gasteiger partial charge in [0, 0.05) is 17.6 Å². The zero-order valence-corrected chi connectivity index (χ0v) is 19.8. The third kappa shape index (κ3) is 7.09. The maximum absolute atomic E-state index is 12.6. The van der Waals surface area contributed by atoms with E-state index in [1.807, 2.05) is 4.72 Å². The van der Waals surface area contributed by atoms with Crippen LogP contribution in [0.25, 0.3) is 0 Å². The lowest BCUT2D eigenvalue weighted by atomic mass is 9.93. The van der Waals surface area contributed by atoms with Gasteiger partial charge in [0.2, 0.25) is 0 Å². The van der Waals surface area contributed by atoms with Crippen LogP contribution < -0.4 is 20.1 Å². The van der Waals surface area contributed by atoms with Gasteiger partial charge in [-0.25, -0.2) is 17.9 Å². The smallest absolute Gasteiger partial charge is 0.328 e. The van der Waals surface area contributed by atoms with E-state index >= 15 is 0 Å². The Kier molecular flexibility index (Phi) is 7.37. The van der Waals surface area contributed by atoms with Gasteiger partial charge < -0.3 is 20.5 Å². The molecular formula is C23H28ClN3O6S. The minimum absolute atomic E-state index is 0.0304. The van der Waals surface area contributed by atoms with Crippen molar-refractivity contribution in [3.05, 3.63) is 58.6 Å². The van der Waals surface area contributed by atoms with Crippen LogP contribution in [0.4, 0.5) is 4.79 Å². The van der Waals surface area contributed by atoms with Gasteiger partial charge >= 0.3 is 6.03 Å². The molecule has 0 aromatic heterocycles. The third-order valence-corrected chi connectivity index (χ3v) is 7.02. The topological polar surface area (TPSA) is 134 Å². The molecule has 1 saturated carbocycles. The van der Waals surface area contributed by atoms with Gasteiger partial charge in [0.25, 0.3) is 15.9 Å². The highest BCUT2D eigenvalue weighted by molar-refractivity contribution is 7.90. The number of carbonyl (C=O) groups is 2. The summed E-state index contributed by atoms with van der Waals surface area (Å²) in [6.45, 7) is 0.165. The summed E-state index contributed by atoms with van der Waals surface area (Å²) < 4.78 is 53.7. The van der Waals surface area contributed by atoms with E-state index in [1.165, 1.54) is 30.3 Å². The van der Waals surface area contributed by atoms with Gasteiger partial charge in [0.15, 0.2) is 0 Å². The van der Waals surface area contributed by atoms with Crippen molar-refractivity contribution in [1.29, 1.82) is 0 Å². The van der Waals surface area contributed by atoms with Crippen molar-refractivity contribution in [3.8, 4) is 5.75 Å². The summed E-state index contributed by atoms with van der Waals surface area (Å²) in [6.07, 6.45) is 2.29. The number of amides is 3. The molecule has 2 aromatic carbocycles. The van der Waals surface area contributed by atoms with Gasteiger partial charge in [-0.2, -0.15) is 0 Å². The molecule has 0 saturated heterocycles. The molecule has 2 aromatic rings. The van der Waals surface area contributed by atoms with Gasteiger partial charge in [-0.3, -0.25) is 4.79 Å². The SMILES string of the molecule is [2H][13C]([2H])([2H])Oc1ccc(Cl)cc1C(=O)NCCc1ccc(S(=O)(=O)NC(=O)N[C@H]2CCC[C@@H](O)C2)cc1. The predicted molar refractivity (Wildman–Crippen MR) is 128 cm³/mol. The first-order valence-corrected chi connectivity index (χ1v) is 12.6. The second kappa shape index (κ2) is 11.5. The van der Waals surface area contributed by atoms with Crippen LogP contribution in [0.3, 0.4) is 0 Å². The monoisotopic (exact) mass is 513 g/mol. The number of aliphatic hydroxyl groups excluding tert-OH is 1. The van der Waals surface area contributed by atoms with Crippen LogP contribution in [-0.4, -0.2) is 51.2 Å². The summed E-state index contributed by atoms with van der Waals surface area (Å²) in [6, 6.07) is 8.67. The standard InChI is InChI=1S/C23H28ClN3O6S/c1-33-21-10-7-16(24)13-20(21)22(29)25-12-11-15-5-8-19(9-6-15)34(31,32)27-23(30)26-17-3-2-4-18(28)14-17/h5-10,13,17-18,28H,2-4,11-12,14H2,1H3,(H,25,29)(H2,26,27,30)/t17-,18+/m0/s1/i1+1D3. The lowest BCUT2D eigenvalue weighted by molar-refractivity contribution is 0.0951. The molecule has 0 bridgehead atoms. The van der Waals surface area contributed by atoms with E-state index in [-0.39, 0.29) is 33.8 Å². The van der Waals surface area contributed by atoms with Gasteiger partial charge in [0.1, 0.15) is 5.75 Å². The van der Waals surface area contributed by atoms with Crippen LogP contribution in [0.15, 0.2) is 47.4 Å². The average molecular weight is 514 g/mol. The summed E-state index contributed by atoms with van der Waals surface area (Å²) >= 11 is 5.93. The molecule has 4 N–H and O–H groups in total. The molecule has 1 aliphatic rings. The first kappa shape index (κ1) is 21.7. The molecule has 0 unspecified atom stereocenters. The van der Waals surface area contributed by atoms with Crippen molar-refractivity contribution in [3.63, 3.8) is 0 Å². The molecule has 0 radical (unpaired) electrons. The summed E-state index contributed by atoms with van der Waals surface area (Å²) in [4.78, 5) is 24.6. The minimum atomic E-state index is -4.10. The quantitative estimate of drug-likeness (QED) is 0.401. The van der Waals surface area contributed by atoms with Crippen LogP contribution in [0.5, 0.6) is 5.75 Å². The van der Waals surface area contributed by atoms with E-state index in [9.17, 15) is 23.1 Å². The Balaban J connectivity index is 1.53. The molecule has 2 atom stereocenters. The van der Waals surface area contributed by atoms with E-state index in [0.717, 1.165) is 6.42 Å². The Morgan fingerprint density at radius 1 is 1.21 bits per heavy atom. The fraction of sp³-hybridized carbons (Fsp3) is 0.391. The number of benzene rings is 2. The highest BCUT2D eigenvalue weighted by atomic mass is 35.5. The van der Waals surface area contributed by atoms with Crippen molar-refractivity contribution >= 4 is 33.6 Å². The van der Waals surface area contributed by atoms with E-state index in [4.69, 9.17) is 20.5 Å². The number of methoxy groups -OCH3 is 1. The maximum Gasteiger partial charge on any atom is 0.328 e. The number of carbonyl (C=O) groups excluding carboxylic acids is 2. The zero-order valence-electron chi connectivity index (χ0n) is 21.2. The second-order valence-corrected chi connectivity index (χ2v) is 10.1. The van der Waals surface area contributed by atoms with Gasteiger partial charge in [-0.1, -0.05) is 23.7 Å². The first-order valence-electron chi connectivity index (χ1n) is 12.2. The molecule has 1 aliphatic carbocycles. The van der Waals surface area contributed by atoms with Crippen LogP contribution in [0, 0.1) is 0 Å². The molecule has 0 spiro atoms. The van der Waals surface area contributed by atoms with Crippen LogP contribution in [-0.2, 0) is 16.4 Å². The van der Waals surface area contributed by atoms with E-state index in [2.05, 4.69) is 10.6 Å². The van der Waals surface area contributed by atoms with Crippen molar-refractivity contribution in [2.45, 2.75) is 49.1 Å². The van der Waals surface area contributed by atoms with E-state index < -0.39 is 35.1 Å².